The van der Waals surface area contributed by atoms with Gasteiger partial charge in [0.25, 0.3) is 5.91 Å². The lowest BCUT2D eigenvalue weighted by atomic mass is 9.69. The van der Waals surface area contributed by atoms with Gasteiger partial charge in [-0.05, 0) is 60.7 Å². The van der Waals surface area contributed by atoms with Crippen LogP contribution in [-0.4, -0.2) is 28.7 Å². The van der Waals surface area contributed by atoms with Gasteiger partial charge in [-0.1, -0.05) is 108 Å². The number of ketones is 1. The molecule has 0 radical (unpaired) electrons. The lowest BCUT2D eigenvalue weighted by Gasteiger charge is -2.39. The fraction of sp³-hybridized carbons (Fsp3) is 0.250. The maximum atomic E-state index is 14.9. The van der Waals surface area contributed by atoms with Gasteiger partial charge in [0.1, 0.15) is 0 Å². The third-order valence-electron chi connectivity index (χ3n) is 8.80. The van der Waals surface area contributed by atoms with Crippen LogP contribution in [0.1, 0.15) is 53.2 Å². The second-order valence-corrected chi connectivity index (χ2v) is 13.3. The van der Waals surface area contributed by atoms with Crippen LogP contribution >= 0.6 is 27.5 Å². The Kier molecular flexibility index (Phi) is 8.12. The molecule has 6 rings (SSSR count). The molecule has 2 aliphatic rings. The van der Waals surface area contributed by atoms with Gasteiger partial charge in [-0.15, -0.1) is 0 Å². The Labute approximate surface area is 270 Å². The molecule has 8 heteroatoms. The molecule has 1 saturated heterocycles. The fourth-order valence-electron chi connectivity index (χ4n) is 7.01. The lowest BCUT2D eigenvalue weighted by molar-refractivity contribution is -0.126. The Hall–Kier alpha value is -3.94. The van der Waals surface area contributed by atoms with Crippen molar-refractivity contribution < 1.29 is 14.4 Å². The average molecular weight is 671 g/mol. The van der Waals surface area contributed by atoms with E-state index in [1.54, 1.807) is 29.2 Å². The van der Waals surface area contributed by atoms with Crippen LogP contribution in [0.15, 0.2) is 102 Å². The number of Topliss-reactive ketones (excluding diaryl/α,β-unsaturated/α-hetero) is 1. The van der Waals surface area contributed by atoms with Gasteiger partial charge in [0.15, 0.2) is 11.3 Å². The highest BCUT2D eigenvalue weighted by Gasteiger charge is 2.70. The van der Waals surface area contributed by atoms with Crippen LogP contribution < -0.4 is 10.6 Å². The molecule has 0 saturated carbocycles. The number of amides is 3. The molecule has 1 spiro atoms. The molecule has 4 unspecified atom stereocenters. The molecule has 2 aliphatic heterocycles. The minimum absolute atomic E-state index is 0.157. The SMILES string of the molecule is Cc1ccc(NC(=O)N2C(CC(C)C)C(c3ccccc3)C(C(=O)c3ccccc3)C23C(=O)Nc2ccc(Br)cc23)cc1Cl. The van der Waals surface area contributed by atoms with Crippen LogP contribution in [0, 0.1) is 18.8 Å². The number of benzene rings is 4. The number of nitrogens with one attached hydrogen (secondary N) is 2. The van der Waals surface area contributed by atoms with Crippen LogP contribution in [0.2, 0.25) is 5.02 Å². The molecule has 0 aromatic heterocycles. The number of halogens is 2. The summed E-state index contributed by atoms with van der Waals surface area (Å²) in [5.74, 6) is -1.83. The lowest BCUT2D eigenvalue weighted by Crippen LogP contribution is -2.57. The zero-order valence-corrected chi connectivity index (χ0v) is 27.0. The predicted molar refractivity (Wildman–Crippen MR) is 178 cm³/mol. The fourth-order valence-corrected chi connectivity index (χ4v) is 7.55. The first-order valence-electron chi connectivity index (χ1n) is 14.7. The summed E-state index contributed by atoms with van der Waals surface area (Å²) in [6.07, 6.45) is 0.568. The summed E-state index contributed by atoms with van der Waals surface area (Å²) in [7, 11) is 0. The van der Waals surface area contributed by atoms with Crippen molar-refractivity contribution in [2.45, 2.75) is 44.7 Å². The molecule has 4 aromatic carbocycles. The highest BCUT2D eigenvalue weighted by molar-refractivity contribution is 9.10. The van der Waals surface area contributed by atoms with Crippen LogP contribution in [0.5, 0.6) is 0 Å². The van der Waals surface area contributed by atoms with Crippen molar-refractivity contribution in [3.05, 3.63) is 129 Å². The summed E-state index contributed by atoms with van der Waals surface area (Å²) in [5.41, 5.74) is 2.32. The first-order chi connectivity index (χ1) is 21.1. The van der Waals surface area contributed by atoms with Gasteiger partial charge in [-0.25, -0.2) is 4.79 Å². The quantitative estimate of drug-likeness (QED) is 0.201. The monoisotopic (exact) mass is 669 g/mol. The second kappa shape index (κ2) is 11.9. The summed E-state index contributed by atoms with van der Waals surface area (Å²) < 4.78 is 0.743. The van der Waals surface area contributed by atoms with E-state index in [1.807, 2.05) is 79.7 Å². The highest BCUT2D eigenvalue weighted by atomic mass is 79.9. The molecule has 2 N–H and O–H groups in total. The van der Waals surface area contributed by atoms with Gasteiger partial charge in [-0.2, -0.15) is 0 Å². The highest BCUT2D eigenvalue weighted by Crippen LogP contribution is 2.60. The van der Waals surface area contributed by atoms with Gasteiger partial charge in [0.2, 0.25) is 0 Å². The van der Waals surface area contributed by atoms with Crippen molar-refractivity contribution in [2.24, 2.45) is 11.8 Å². The molecular weight excluding hydrogens is 638 g/mol. The largest absolute Gasteiger partial charge is 0.323 e. The van der Waals surface area contributed by atoms with Gasteiger partial charge >= 0.3 is 6.03 Å². The van der Waals surface area contributed by atoms with E-state index in [2.05, 4.69) is 40.4 Å². The smallest absolute Gasteiger partial charge is 0.323 e. The van der Waals surface area contributed by atoms with Crippen LogP contribution in [0.4, 0.5) is 16.2 Å². The minimum Gasteiger partial charge on any atom is -0.323 e. The first-order valence-corrected chi connectivity index (χ1v) is 15.9. The number of fused-ring (bicyclic) bond motifs is 2. The number of likely N-dealkylation sites (tertiary alicyclic amines) is 1. The molecule has 4 atom stereocenters. The molecule has 0 bridgehead atoms. The number of urea groups is 1. The normalized spacial score (nSPS) is 22.3. The van der Waals surface area contributed by atoms with Crippen molar-refractivity contribution in [1.29, 1.82) is 0 Å². The maximum absolute atomic E-state index is 14.9. The van der Waals surface area contributed by atoms with E-state index in [9.17, 15) is 14.4 Å². The Morgan fingerprint density at radius 1 is 0.977 bits per heavy atom. The summed E-state index contributed by atoms with van der Waals surface area (Å²) >= 11 is 10.0. The van der Waals surface area contributed by atoms with Crippen molar-refractivity contribution >= 4 is 56.6 Å². The third-order valence-corrected chi connectivity index (χ3v) is 9.70. The molecular formula is C36H33BrClN3O3. The molecule has 6 nitrogen and oxygen atoms in total. The predicted octanol–water partition coefficient (Wildman–Crippen LogP) is 8.80. The topological polar surface area (TPSA) is 78.5 Å². The molecule has 1 fully saturated rings. The molecule has 4 aromatic rings. The van der Waals surface area contributed by atoms with E-state index < -0.39 is 35.4 Å². The van der Waals surface area contributed by atoms with Crippen molar-refractivity contribution in [3.63, 3.8) is 0 Å². The van der Waals surface area contributed by atoms with Crippen molar-refractivity contribution in [1.82, 2.24) is 4.90 Å². The molecule has 2 heterocycles. The summed E-state index contributed by atoms with van der Waals surface area (Å²) in [6, 6.07) is 28.8. The zero-order valence-electron chi connectivity index (χ0n) is 24.7. The number of rotatable bonds is 6. The number of carbonyl (C=O) groups excluding carboxylic acids is 3. The summed E-state index contributed by atoms with van der Waals surface area (Å²) in [4.78, 5) is 46.0. The van der Waals surface area contributed by atoms with E-state index in [4.69, 9.17) is 11.6 Å². The Morgan fingerprint density at radius 3 is 2.32 bits per heavy atom. The van der Waals surface area contributed by atoms with Crippen LogP contribution in [0.25, 0.3) is 0 Å². The number of hydrogen-bond donors (Lipinski definition) is 2. The molecule has 0 aliphatic carbocycles. The van der Waals surface area contributed by atoms with Gasteiger partial charge < -0.3 is 15.5 Å². The molecule has 224 valence electrons. The van der Waals surface area contributed by atoms with E-state index in [1.165, 1.54) is 0 Å². The second-order valence-electron chi connectivity index (χ2n) is 12.0. The van der Waals surface area contributed by atoms with Gasteiger partial charge in [0, 0.05) is 44.0 Å². The number of nitrogens with zero attached hydrogens (tertiary/aromatic N) is 1. The number of carbonyl (C=O) groups is 3. The summed E-state index contributed by atoms with van der Waals surface area (Å²) in [6.45, 7) is 6.08. The number of hydrogen-bond acceptors (Lipinski definition) is 3. The standard InChI is InChI=1S/C36H33BrClN3O3/c1-21(2)18-30-31(23-10-6-4-7-11-23)32(33(42)24-12-8-5-9-13-24)36(27-19-25(37)15-17-29(27)40-34(36)43)41(30)35(44)39-26-16-14-22(3)28(38)20-26/h4-17,19-21,30-32H,18H2,1-3H3,(H,39,44)(H,40,43). The Balaban J connectivity index is 1.65. The molecule has 3 amide bonds. The van der Waals surface area contributed by atoms with E-state index in [0.29, 0.717) is 33.9 Å². The third kappa shape index (κ3) is 5.02. The van der Waals surface area contributed by atoms with Gasteiger partial charge in [-0.3, -0.25) is 9.59 Å². The van der Waals surface area contributed by atoms with Crippen molar-refractivity contribution in [2.75, 3.05) is 10.6 Å². The van der Waals surface area contributed by atoms with Crippen LogP contribution in [0.3, 0.4) is 0 Å². The first kappa shape index (κ1) is 30.1. The minimum atomic E-state index is -1.63. The van der Waals surface area contributed by atoms with E-state index >= 15 is 0 Å². The van der Waals surface area contributed by atoms with E-state index in [0.717, 1.165) is 15.6 Å². The molecule has 44 heavy (non-hydrogen) atoms. The zero-order chi connectivity index (χ0) is 31.2. The summed E-state index contributed by atoms with van der Waals surface area (Å²) in [5, 5.41) is 6.61. The van der Waals surface area contributed by atoms with E-state index in [-0.39, 0.29) is 11.7 Å². The average Bonchev–Trinajstić information content (AvgIpc) is 3.46. The Bertz CT molecular complexity index is 1750. The van der Waals surface area contributed by atoms with Crippen molar-refractivity contribution in [3.8, 4) is 0 Å². The van der Waals surface area contributed by atoms with Crippen LogP contribution in [-0.2, 0) is 10.3 Å². The maximum Gasteiger partial charge on any atom is 0.323 e. The number of anilines is 2. The number of aryl methyl sites for hydroxylation is 1. The van der Waals surface area contributed by atoms with Gasteiger partial charge in [0.05, 0.1) is 5.92 Å². The Morgan fingerprint density at radius 2 is 1.66 bits per heavy atom.